The second-order valence-electron chi connectivity index (χ2n) is 5.25. The van der Waals surface area contributed by atoms with Gasteiger partial charge >= 0.3 is 5.97 Å². The minimum absolute atomic E-state index is 0.247. The van der Waals surface area contributed by atoms with E-state index in [1.54, 1.807) is 36.4 Å². The Morgan fingerprint density at radius 3 is 2.54 bits per heavy atom. The van der Waals surface area contributed by atoms with E-state index >= 15 is 0 Å². The van der Waals surface area contributed by atoms with Gasteiger partial charge in [0.1, 0.15) is 4.32 Å². The lowest BCUT2D eigenvalue weighted by Gasteiger charge is -2.23. The predicted octanol–water partition coefficient (Wildman–Crippen LogP) is 3.05. The van der Waals surface area contributed by atoms with Crippen LogP contribution < -0.4 is 0 Å². The number of thiocarbonyl (C=S) groups is 1. The summed E-state index contributed by atoms with van der Waals surface area (Å²) in [6, 6.07) is 11.2. The molecule has 0 aliphatic carbocycles. The topological polar surface area (TPSA) is 62.5 Å². The number of hydrogen-bond donors (Lipinski definition) is 1. The molecule has 1 saturated heterocycles. The molecule has 0 radical (unpaired) electrons. The molecule has 0 saturated carbocycles. The zero-order valence-electron chi connectivity index (χ0n) is 12.7. The molecule has 24 heavy (non-hydrogen) atoms. The van der Waals surface area contributed by atoms with E-state index in [1.807, 2.05) is 29.9 Å². The van der Waals surface area contributed by atoms with Gasteiger partial charge in [0.15, 0.2) is 6.04 Å². The standard InChI is InChI=1S/C17H14N2O3S2/c1-18-9-5-8-12(18)10-13-15(20)19(17(23)24-13)14(16(21)22)11-6-3-2-4-7-11/h2-10,14H,1H3,(H,21,22)/b13-10-/t14-/m0/s1. The monoisotopic (exact) mass is 358 g/mol. The molecule has 0 spiro atoms. The number of benzene rings is 1. The lowest BCUT2D eigenvalue weighted by Crippen LogP contribution is -2.37. The Kier molecular flexibility index (Phi) is 4.55. The fraction of sp³-hybridized carbons (Fsp3) is 0.118. The number of rotatable bonds is 4. The number of carboxylic acids is 1. The molecule has 0 bridgehead atoms. The Morgan fingerprint density at radius 1 is 1.25 bits per heavy atom. The molecule has 1 N–H and O–H groups in total. The average Bonchev–Trinajstić information content (AvgIpc) is 3.07. The van der Waals surface area contributed by atoms with Gasteiger partial charge in [-0.2, -0.15) is 0 Å². The fourth-order valence-electron chi connectivity index (χ4n) is 2.50. The van der Waals surface area contributed by atoms with E-state index in [9.17, 15) is 14.7 Å². The highest BCUT2D eigenvalue weighted by atomic mass is 32.2. The van der Waals surface area contributed by atoms with Crippen LogP contribution in [0.25, 0.3) is 6.08 Å². The molecule has 2 heterocycles. The van der Waals surface area contributed by atoms with Crippen LogP contribution in [0.15, 0.2) is 53.6 Å². The molecule has 5 nitrogen and oxygen atoms in total. The minimum atomic E-state index is -1.13. The third-order valence-electron chi connectivity index (χ3n) is 3.69. The van der Waals surface area contributed by atoms with Crippen molar-refractivity contribution >= 4 is 46.3 Å². The maximum absolute atomic E-state index is 12.7. The van der Waals surface area contributed by atoms with Crippen LogP contribution in [0, 0.1) is 0 Å². The summed E-state index contributed by atoms with van der Waals surface area (Å²) in [4.78, 5) is 26.1. The van der Waals surface area contributed by atoms with E-state index in [0.29, 0.717) is 10.5 Å². The summed E-state index contributed by atoms with van der Waals surface area (Å²) in [5.74, 6) is -1.50. The number of hydrogen-bond acceptors (Lipinski definition) is 4. The molecule has 2 aromatic rings. The lowest BCUT2D eigenvalue weighted by atomic mass is 10.1. The molecule has 1 atom stereocenters. The summed E-state index contributed by atoms with van der Waals surface area (Å²) in [6.45, 7) is 0. The highest BCUT2D eigenvalue weighted by molar-refractivity contribution is 8.26. The van der Waals surface area contributed by atoms with Crippen LogP contribution in [-0.2, 0) is 16.6 Å². The van der Waals surface area contributed by atoms with Crippen molar-refractivity contribution in [1.82, 2.24) is 9.47 Å². The normalized spacial score (nSPS) is 17.5. The van der Waals surface area contributed by atoms with Gasteiger partial charge in [0, 0.05) is 18.9 Å². The van der Waals surface area contributed by atoms with Gasteiger partial charge < -0.3 is 9.67 Å². The Morgan fingerprint density at radius 2 is 1.96 bits per heavy atom. The van der Waals surface area contributed by atoms with Gasteiger partial charge in [-0.1, -0.05) is 54.3 Å². The lowest BCUT2D eigenvalue weighted by molar-refractivity contribution is -0.145. The largest absolute Gasteiger partial charge is 0.479 e. The van der Waals surface area contributed by atoms with Gasteiger partial charge in [0.25, 0.3) is 5.91 Å². The number of carbonyl (C=O) groups excluding carboxylic acids is 1. The van der Waals surface area contributed by atoms with Crippen molar-refractivity contribution in [2.24, 2.45) is 7.05 Å². The zero-order chi connectivity index (χ0) is 17.3. The summed E-state index contributed by atoms with van der Waals surface area (Å²) < 4.78 is 2.12. The molecular weight excluding hydrogens is 344 g/mol. The second-order valence-corrected chi connectivity index (χ2v) is 6.92. The first-order chi connectivity index (χ1) is 11.5. The van der Waals surface area contributed by atoms with Crippen LogP contribution in [0.4, 0.5) is 0 Å². The number of aliphatic carboxylic acids is 1. The van der Waals surface area contributed by atoms with E-state index in [-0.39, 0.29) is 10.2 Å². The maximum Gasteiger partial charge on any atom is 0.331 e. The van der Waals surface area contributed by atoms with Crippen molar-refractivity contribution in [3.8, 4) is 0 Å². The van der Waals surface area contributed by atoms with Crippen molar-refractivity contribution in [3.05, 3.63) is 64.8 Å². The van der Waals surface area contributed by atoms with Gasteiger partial charge in [-0.05, 0) is 23.8 Å². The van der Waals surface area contributed by atoms with Crippen LogP contribution >= 0.6 is 24.0 Å². The number of aryl methyl sites for hydroxylation is 1. The van der Waals surface area contributed by atoms with Crippen LogP contribution in [0.5, 0.6) is 0 Å². The first kappa shape index (κ1) is 16.5. The summed E-state index contributed by atoms with van der Waals surface area (Å²) in [5.41, 5.74) is 1.36. The minimum Gasteiger partial charge on any atom is -0.479 e. The molecule has 1 aromatic carbocycles. The number of carboxylic acid groups (broad SMARTS) is 1. The smallest absolute Gasteiger partial charge is 0.331 e. The Bertz CT molecular complexity index is 843. The van der Waals surface area contributed by atoms with Gasteiger partial charge in [0.2, 0.25) is 0 Å². The van der Waals surface area contributed by atoms with Crippen molar-refractivity contribution in [3.63, 3.8) is 0 Å². The Labute approximate surface area is 148 Å². The summed E-state index contributed by atoms with van der Waals surface area (Å²) in [5, 5.41) is 9.62. The molecule has 1 fully saturated rings. The second kappa shape index (κ2) is 6.62. The van der Waals surface area contributed by atoms with E-state index in [1.165, 1.54) is 4.90 Å². The highest BCUT2D eigenvalue weighted by Gasteiger charge is 2.41. The first-order valence-corrected chi connectivity index (χ1v) is 8.37. The first-order valence-electron chi connectivity index (χ1n) is 7.15. The van der Waals surface area contributed by atoms with Gasteiger partial charge in [-0.25, -0.2) is 4.79 Å². The van der Waals surface area contributed by atoms with Crippen molar-refractivity contribution in [2.75, 3.05) is 0 Å². The SMILES string of the molecule is Cn1cccc1/C=C1\SC(=S)N([C@H](C(=O)O)c2ccccc2)C1=O. The summed E-state index contributed by atoms with van der Waals surface area (Å²) in [6.07, 6.45) is 3.60. The van der Waals surface area contributed by atoms with Crippen molar-refractivity contribution in [1.29, 1.82) is 0 Å². The average molecular weight is 358 g/mol. The fourth-order valence-corrected chi connectivity index (χ4v) is 3.80. The van der Waals surface area contributed by atoms with Crippen LogP contribution in [0.1, 0.15) is 17.3 Å². The van der Waals surface area contributed by atoms with Gasteiger partial charge in [0.05, 0.1) is 4.91 Å². The molecule has 122 valence electrons. The molecule has 7 heteroatoms. The summed E-state index contributed by atoms with van der Waals surface area (Å²) >= 11 is 6.40. The van der Waals surface area contributed by atoms with Crippen molar-refractivity contribution in [2.45, 2.75) is 6.04 Å². The van der Waals surface area contributed by atoms with E-state index in [0.717, 1.165) is 17.5 Å². The number of nitrogens with zero attached hydrogens (tertiary/aromatic N) is 2. The third kappa shape index (κ3) is 3.00. The number of amides is 1. The van der Waals surface area contributed by atoms with E-state index in [4.69, 9.17) is 12.2 Å². The Balaban J connectivity index is 1.98. The number of aromatic nitrogens is 1. The zero-order valence-corrected chi connectivity index (χ0v) is 14.4. The predicted molar refractivity (Wildman–Crippen MR) is 97.2 cm³/mol. The van der Waals surface area contributed by atoms with Crippen LogP contribution in [-0.4, -0.2) is 30.8 Å². The highest BCUT2D eigenvalue weighted by Crippen LogP contribution is 2.38. The van der Waals surface area contributed by atoms with Crippen LogP contribution in [0.2, 0.25) is 0 Å². The Hall–Kier alpha value is -2.38. The molecule has 1 aliphatic heterocycles. The van der Waals surface area contributed by atoms with Crippen molar-refractivity contribution < 1.29 is 14.7 Å². The van der Waals surface area contributed by atoms with Crippen LogP contribution in [0.3, 0.4) is 0 Å². The maximum atomic E-state index is 12.7. The quantitative estimate of drug-likeness (QED) is 0.672. The summed E-state index contributed by atoms with van der Waals surface area (Å²) in [7, 11) is 1.87. The van der Waals surface area contributed by atoms with E-state index in [2.05, 4.69) is 0 Å². The molecule has 1 amide bonds. The molecule has 1 aliphatic rings. The van der Waals surface area contributed by atoms with Gasteiger partial charge in [-0.15, -0.1) is 0 Å². The van der Waals surface area contributed by atoms with Gasteiger partial charge in [-0.3, -0.25) is 9.69 Å². The van der Waals surface area contributed by atoms with E-state index < -0.39 is 12.0 Å². The third-order valence-corrected chi connectivity index (χ3v) is 5.02. The molecule has 0 unspecified atom stereocenters. The number of carbonyl (C=O) groups is 2. The number of thioether (sulfide) groups is 1. The molecule has 1 aromatic heterocycles. The molecular formula is C17H14N2O3S2. The molecule has 3 rings (SSSR count).